The lowest BCUT2D eigenvalue weighted by molar-refractivity contribution is 0.113. The van der Waals surface area contributed by atoms with Crippen LogP contribution in [0.25, 0.3) is 0 Å². The lowest BCUT2D eigenvalue weighted by Crippen LogP contribution is -2.46. The second-order valence-electron chi connectivity index (χ2n) is 7.42. The van der Waals surface area contributed by atoms with E-state index in [2.05, 4.69) is 27.2 Å². The molecule has 2 heterocycles. The molecule has 25 heavy (non-hydrogen) atoms. The predicted octanol–water partition coefficient (Wildman–Crippen LogP) is 3.26. The molecule has 1 atom stereocenters. The SMILES string of the molecule is COCCN1CCCC(CNC2CCN(c3ccccc3Cl)CC2)C1. The van der Waals surface area contributed by atoms with Crippen LogP contribution in [0.2, 0.25) is 5.02 Å². The van der Waals surface area contributed by atoms with E-state index in [9.17, 15) is 0 Å². The molecule has 2 aliphatic rings. The van der Waals surface area contributed by atoms with Crippen LogP contribution in [0.5, 0.6) is 0 Å². The van der Waals surface area contributed by atoms with E-state index in [0.717, 1.165) is 43.7 Å². The largest absolute Gasteiger partial charge is 0.383 e. The normalized spacial score (nSPS) is 23.1. The Morgan fingerprint density at radius 2 is 1.96 bits per heavy atom. The Morgan fingerprint density at radius 3 is 2.72 bits per heavy atom. The topological polar surface area (TPSA) is 27.7 Å². The molecular formula is C20H32ClN3O. The molecule has 5 heteroatoms. The number of methoxy groups -OCH3 is 1. The number of ether oxygens (including phenoxy) is 1. The fourth-order valence-electron chi connectivity index (χ4n) is 4.11. The second kappa shape index (κ2) is 9.77. The third kappa shape index (κ3) is 5.58. The van der Waals surface area contributed by atoms with Crippen molar-refractivity contribution in [2.24, 2.45) is 5.92 Å². The number of likely N-dealkylation sites (tertiary alicyclic amines) is 1. The van der Waals surface area contributed by atoms with Gasteiger partial charge in [-0.05, 0) is 56.8 Å². The number of piperidine rings is 2. The molecule has 0 radical (unpaired) electrons. The number of para-hydroxylation sites is 1. The monoisotopic (exact) mass is 365 g/mol. The quantitative estimate of drug-likeness (QED) is 0.802. The molecule has 1 N–H and O–H groups in total. The number of benzene rings is 1. The fraction of sp³-hybridized carbons (Fsp3) is 0.700. The molecule has 0 spiro atoms. The molecule has 1 aromatic rings. The van der Waals surface area contributed by atoms with Gasteiger partial charge in [0.2, 0.25) is 0 Å². The maximum Gasteiger partial charge on any atom is 0.0639 e. The van der Waals surface area contributed by atoms with Crippen molar-refractivity contribution < 1.29 is 4.74 Å². The van der Waals surface area contributed by atoms with E-state index in [-0.39, 0.29) is 0 Å². The summed E-state index contributed by atoms with van der Waals surface area (Å²) in [5.41, 5.74) is 1.18. The summed E-state index contributed by atoms with van der Waals surface area (Å²) in [5, 5.41) is 4.70. The van der Waals surface area contributed by atoms with Crippen LogP contribution in [0.3, 0.4) is 0 Å². The Balaban J connectivity index is 1.38. The zero-order valence-electron chi connectivity index (χ0n) is 15.4. The van der Waals surface area contributed by atoms with E-state index in [4.69, 9.17) is 16.3 Å². The molecule has 2 aliphatic heterocycles. The first-order valence-electron chi connectivity index (χ1n) is 9.70. The first-order chi connectivity index (χ1) is 12.3. The van der Waals surface area contributed by atoms with Crippen molar-refractivity contribution in [2.75, 3.05) is 57.9 Å². The average molecular weight is 366 g/mol. The Labute approximate surface area is 157 Å². The van der Waals surface area contributed by atoms with Crippen LogP contribution in [-0.2, 0) is 4.74 Å². The van der Waals surface area contributed by atoms with Gasteiger partial charge in [0.1, 0.15) is 0 Å². The lowest BCUT2D eigenvalue weighted by atomic mass is 9.96. The Hall–Kier alpha value is -0.810. The van der Waals surface area contributed by atoms with Gasteiger partial charge < -0.3 is 19.9 Å². The molecule has 0 aliphatic carbocycles. The van der Waals surface area contributed by atoms with Crippen LogP contribution in [-0.4, -0.2) is 63.9 Å². The van der Waals surface area contributed by atoms with Crippen molar-refractivity contribution in [3.05, 3.63) is 29.3 Å². The predicted molar refractivity (Wildman–Crippen MR) is 106 cm³/mol. The van der Waals surface area contributed by atoms with Gasteiger partial charge in [-0.15, -0.1) is 0 Å². The second-order valence-corrected chi connectivity index (χ2v) is 7.83. The summed E-state index contributed by atoms with van der Waals surface area (Å²) in [7, 11) is 1.79. The molecule has 3 rings (SSSR count). The van der Waals surface area contributed by atoms with E-state index < -0.39 is 0 Å². The Morgan fingerprint density at radius 1 is 1.16 bits per heavy atom. The highest BCUT2D eigenvalue weighted by atomic mass is 35.5. The molecule has 0 amide bonds. The maximum atomic E-state index is 6.34. The van der Waals surface area contributed by atoms with Gasteiger partial charge in [0.15, 0.2) is 0 Å². The highest BCUT2D eigenvalue weighted by Gasteiger charge is 2.23. The number of hydrogen-bond acceptors (Lipinski definition) is 4. The molecule has 2 saturated heterocycles. The summed E-state index contributed by atoms with van der Waals surface area (Å²) in [6.07, 6.45) is 5.08. The summed E-state index contributed by atoms with van der Waals surface area (Å²) in [6, 6.07) is 8.84. The highest BCUT2D eigenvalue weighted by Crippen LogP contribution is 2.28. The third-order valence-corrected chi connectivity index (χ3v) is 5.92. The van der Waals surface area contributed by atoms with Crippen LogP contribution < -0.4 is 10.2 Å². The minimum Gasteiger partial charge on any atom is -0.383 e. The van der Waals surface area contributed by atoms with E-state index in [0.29, 0.717) is 6.04 Å². The summed E-state index contributed by atoms with van der Waals surface area (Å²) >= 11 is 6.34. The van der Waals surface area contributed by atoms with E-state index >= 15 is 0 Å². The number of anilines is 1. The summed E-state index contributed by atoms with van der Waals surface area (Å²) in [5.74, 6) is 0.784. The molecule has 2 fully saturated rings. The van der Waals surface area contributed by atoms with Crippen LogP contribution in [0, 0.1) is 5.92 Å². The lowest BCUT2D eigenvalue weighted by Gasteiger charge is -2.37. The van der Waals surface area contributed by atoms with Gasteiger partial charge in [-0.25, -0.2) is 0 Å². The Kier molecular flexibility index (Phi) is 7.41. The highest BCUT2D eigenvalue weighted by molar-refractivity contribution is 6.33. The van der Waals surface area contributed by atoms with Gasteiger partial charge in [-0.3, -0.25) is 0 Å². The number of nitrogens with zero attached hydrogens (tertiary/aromatic N) is 2. The summed E-state index contributed by atoms with van der Waals surface area (Å²) < 4.78 is 5.22. The number of halogens is 1. The number of rotatable bonds is 7. The van der Waals surface area contributed by atoms with Crippen LogP contribution in [0.4, 0.5) is 5.69 Å². The van der Waals surface area contributed by atoms with Gasteiger partial charge >= 0.3 is 0 Å². The summed E-state index contributed by atoms with van der Waals surface area (Å²) in [4.78, 5) is 4.98. The van der Waals surface area contributed by atoms with Crippen molar-refractivity contribution >= 4 is 17.3 Å². The van der Waals surface area contributed by atoms with Crippen molar-refractivity contribution in [1.29, 1.82) is 0 Å². The van der Waals surface area contributed by atoms with Crippen LogP contribution in [0.15, 0.2) is 24.3 Å². The van der Waals surface area contributed by atoms with Crippen molar-refractivity contribution in [2.45, 2.75) is 31.7 Å². The zero-order valence-corrected chi connectivity index (χ0v) is 16.2. The van der Waals surface area contributed by atoms with E-state index in [1.54, 1.807) is 7.11 Å². The molecule has 1 unspecified atom stereocenters. The Bertz CT molecular complexity index is 519. The van der Waals surface area contributed by atoms with Gasteiger partial charge in [-0.1, -0.05) is 23.7 Å². The first-order valence-corrected chi connectivity index (χ1v) is 10.1. The molecule has 0 bridgehead atoms. The van der Waals surface area contributed by atoms with Crippen LogP contribution in [0.1, 0.15) is 25.7 Å². The molecule has 0 saturated carbocycles. The smallest absolute Gasteiger partial charge is 0.0639 e. The minimum atomic E-state index is 0.646. The molecule has 140 valence electrons. The van der Waals surface area contributed by atoms with Gasteiger partial charge in [0, 0.05) is 39.3 Å². The fourth-order valence-corrected chi connectivity index (χ4v) is 4.36. The van der Waals surface area contributed by atoms with Crippen molar-refractivity contribution in [1.82, 2.24) is 10.2 Å². The maximum absolute atomic E-state index is 6.34. The molecule has 1 aromatic carbocycles. The van der Waals surface area contributed by atoms with E-state index in [1.807, 2.05) is 12.1 Å². The standard InChI is InChI=1S/C20H32ClN3O/c1-25-14-13-23-10-4-5-17(16-23)15-22-18-8-11-24(12-9-18)20-7-3-2-6-19(20)21/h2-3,6-7,17-18,22H,4-5,8-16H2,1H3. The first kappa shape index (κ1) is 19.0. The van der Waals surface area contributed by atoms with Gasteiger partial charge in [0.25, 0.3) is 0 Å². The third-order valence-electron chi connectivity index (χ3n) is 5.60. The van der Waals surface area contributed by atoms with Gasteiger partial charge in [0.05, 0.1) is 17.3 Å². The van der Waals surface area contributed by atoms with Crippen molar-refractivity contribution in [3.8, 4) is 0 Å². The zero-order chi connectivity index (χ0) is 17.5. The van der Waals surface area contributed by atoms with Crippen molar-refractivity contribution in [3.63, 3.8) is 0 Å². The van der Waals surface area contributed by atoms with Gasteiger partial charge in [-0.2, -0.15) is 0 Å². The average Bonchev–Trinajstić information content (AvgIpc) is 2.66. The molecule has 4 nitrogen and oxygen atoms in total. The van der Waals surface area contributed by atoms with Crippen LogP contribution >= 0.6 is 11.6 Å². The summed E-state index contributed by atoms with van der Waals surface area (Å²) in [6.45, 7) is 7.70. The molecule has 0 aromatic heterocycles. The van der Waals surface area contributed by atoms with E-state index in [1.165, 1.54) is 44.5 Å². The number of nitrogens with one attached hydrogen (secondary N) is 1. The number of hydrogen-bond donors (Lipinski definition) is 1. The molecular weight excluding hydrogens is 334 g/mol. The minimum absolute atomic E-state index is 0.646.